The minimum absolute atomic E-state index is 0.0220. The van der Waals surface area contributed by atoms with Crippen LogP contribution in [0.2, 0.25) is 0 Å². The maximum absolute atomic E-state index is 13.9. The maximum atomic E-state index is 13.9. The molecule has 0 saturated carbocycles. The number of halogens is 1. The van der Waals surface area contributed by atoms with Crippen molar-refractivity contribution < 1.29 is 9.18 Å². The van der Waals surface area contributed by atoms with Crippen molar-refractivity contribution in [3.05, 3.63) is 35.1 Å². The fourth-order valence-corrected chi connectivity index (χ4v) is 2.41. The van der Waals surface area contributed by atoms with E-state index in [2.05, 4.69) is 5.32 Å². The van der Waals surface area contributed by atoms with Crippen LogP contribution in [-0.2, 0) is 11.3 Å². The topological polar surface area (TPSA) is 56.1 Å². The third kappa shape index (κ3) is 3.14. The average molecular weight is 275 g/mol. The smallest absolute Gasteiger partial charge is 0.239 e. The molecule has 1 atom stereocenters. The third-order valence-corrected chi connectivity index (χ3v) is 3.60. The molecule has 1 N–H and O–H groups in total. The lowest BCUT2D eigenvalue weighted by Gasteiger charge is -2.24. The van der Waals surface area contributed by atoms with Crippen LogP contribution >= 0.6 is 0 Å². The molecule has 0 bridgehead atoms. The van der Waals surface area contributed by atoms with Gasteiger partial charge in [-0.25, -0.2) is 4.39 Å². The van der Waals surface area contributed by atoms with Crippen LogP contribution in [0.15, 0.2) is 18.2 Å². The number of nitrogens with zero attached hydrogens (tertiary/aromatic N) is 2. The van der Waals surface area contributed by atoms with Crippen molar-refractivity contribution in [1.29, 1.82) is 5.26 Å². The normalized spacial score (nSPS) is 17.8. The second-order valence-electron chi connectivity index (χ2n) is 4.92. The van der Waals surface area contributed by atoms with Gasteiger partial charge in [0, 0.05) is 18.7 Å². The van der Waals surface area contributed by atoms with Gasteiger partial charge in [0.25, 0.3) is 0 Å². The van der Waals surface area contributed by atoms with Gasteiger partial charge in [-0.1, -0.05) is 6.07 Å². The molecule has 0 spiro atoms. The fraction of sp³-hybridized carbons (Fsp3) is 0.467. The van der Waals surface area contributed by atoms with Crippen molar-refractivity contribution in [2.75, 3.05) is 13.1 Å². The number of likely N-dealkylation sites (N-methyl/N-ethyl adjacent to an activating group) is 1. The lowest BCUT2D eigenvalue weighted by molar-refractivity contribution is -0.133. The standard InChI is InChI=1S/C15H18FN3O/c1-2-19(15(20)14-4-3-7-18-14)10-12-6-5-11(9-17)8-13(12)16/h5-6,8,14,18H,2-4,7,10H2,1H3/t14-/m1/s1. The molecule has 1 amide bonds. The molecule has 1 aromatic carbocycles. The Bertz CT molecular complexity index is 532. The predicted molar refractivity (Wildman–Crippen MR) is 73.2 cm³/mol. The number of benzene rings is 1. The Labute approximate surface area is 118 Å². The molecule has 1 aromatic rings. The summed E-state index contributed by atoms with van der Waals surface area (Å²) in [5, 5.41) is 11.9. The van der Waals surface area contributed by atoms with Crippen LogP contribution in [0.5, 0.6) is 0 Å². The first-order valence-electron chi connectivity index (χ1n) is 6.86. The summed E-state index contributed by atoms with van der Waals surface area (Å²) in [6, 6.07) is 6.12. The van der Waals surface area contributed by atoms with Crippen LogP contribution in [0, 0.1) is 17.1 Å². The molecule has 1 aliphatic rings. The van der Waals surface area contributed by atoms with Gasteiger partial charge >= 0.3 is 0 Å². The summed E-state index contributed by atoms with van der Waals surface area (Å²) in [7, 11) is 0. The van der Waals surface area contributed by atoms with Gasteiger partial charge in [-0.2, -0.15) is 5.26 Å². The van der Waals surface area contributed by atoms with E-state index < -0.39 is 5.82 Å². The highest BCUT2D eigenvalue weighted by atomic mass is 19.1. The zero-order valence-corrected chi connectivity index (χ0v) is 11.5. The first kappa shape index (κ1) is 14.5. The Morgan fingerprint density at radius 1 is 1.60 bits per heavy atom. The van der Waals surface area contributed by atoms with Crippen LogP contribution in [0.4, 0.5) is 4.39 Å². The van der Waals surface area contributed by atoms with E-state index in [0.29, 0.717) is 12.1 Å². The lowest BCUT2D eigenvalue weighted by Crippen LogP contribution is -2.43. The molecule has 5 heteroatoms. The quantitative estimate of drug-likeness (QED) is 0.911. The number of nitrogens with one attached hydrogen (secondary N) is 1. The molecule has 106 valence electrons. The molecule has 1 fully saturated rings. The second-order valence-corrected chi connectivity index (χ2v) is 4.92. The van der Waals surface area contributed by atoms with Gasteiger partial charge in [0.2, 0.25) is 5.91 Å². The molecule has 0 aromatic heterocycles. The van der Waals surface area contributed by atoms with E-state index in [1.54, 1.807) is 17.0 Å². The van der Waals surface area contributed by atoms with Crippen molar-refractivity contribution in [2.45, 2.75) is 32.4 Å². The van der Waals surface area contributed by atoms with Gasteiger partial charge in [-0.15, -0.1) is 0 Å². The monoisotopic (exact) mass is 275 g/mol. The van der Waals surface area contributed by atoms with E-state index in [0.717, 1.165) is 19.4 Å². The molecule has 1 heterocycles. The van der Waals surface area contributed by atoms with Gasteiger partial charge in [-0.3, -0.25) is 4.79 Å². The summed E-state index contributed by atoms with van der Waals surface area (Å²) < 4.78 is 13.9. The number of amides is 1. The van der Waals surface area contributed by atoms with Crippen LogP contribution < -0.4 is 5.32 Å². The first-order chi connectivity index (χ1) is 9.65. The van der Waals surface area contributed by atoms with Crippen molar-refractivity contribution in [3.63, 3.8) is 0 Å². The summed E-state index contributed by atoms with van der Waals surface area (Å²) in [6.07, 6.45) is 1.84. The summed E-state index contributed by atoms with van der Waals surface area (Å²) in [5.74, 6) is -0.413. The number of rotatable bonds is 4. The third-order valence-electron chi connectivity index (χ3n) is 3.60. The summed E-state index contributed by atoms with van der Waals surface area (Å²) >= 11 is 0. The molecule has 0 aliphatic carbocycles. The van der Waals surface area contributed by atoms with E-state index in [4.69, 9.17) is 5.26 Å². The number of carbonyl (C=O) groups excluding carboxylic acids is 1. The largest absolute Gasteiger partial charge is 0.337 e. The number of carbonyl (C=O) groups is 1. The van der Waals surface area contributed by atoms with E-state index >= 15 is 0 Å². The van der Waals surface area contributed by atoms with Crippen molar-refractivity contribution in [2.24, 2.45) is 0 Å². The van der Waals surface area contributed by atoms with Crippen molar-refractivity contribution in [1.82, 2.24) is 10.2 Å². The van der Waals surface area contributed by atoms with Crippen LogP contribution in [0.25, 0.3) is 0 Å². The minimum atomic E-state index is -0.435. The molecular formula is C15H18FN3O. The number of hydrogen-bond donors (Lipinski definition) is 1. The molecular weight excluding hydrogens is 257 g/mol. The van der Waals surface area contributed by atoms with Crippen LogP contribution in [0.3, 0.4) is 0 Å². The van der Waals surface area contributed by atoms with E-state index in [9.17, 15) is 9.18 Å². The molecule has 4 nitrogen and oxygen atoms in total. The Morgan fingerprint density at radius 3 is 2.95 bits per heavy atom. The highest BCUT2D eigenvalue weighted by molar-refractivity contribution is 5.82. The molecule has 0 radical (unpaired) electrons. The van der Waals surface area contributed by atoms with Crippen LogP contribution in [-0.4, -0.2) is 29.9 Å². The van der Waals surface area contributed by atoms with E-state index in [1.165, 1.54) is 6.07 Å². The molecule has 2 rings (SSSR count). The average Bonchev–Trinajstić information content (AvgIpc) is 2.99. The Balaban J connectivity index is 2.10. The summed E-state index contributed by atoms with van der Waals surface area (Å²) in [5.41, 5.74) is 0.732. The number of hydrogen-bond acceptors (Lipinski definition) is 3. The SMILES string of the molecule is CCN(Cc1ccc(C#N)cc1F)C(=O)[C@H]1CCCN1. The second kappa shape index (κ2) is 6.49. The van der Waals surface area contributed by atoms with E-state index in [1.807, 2.05) is 13.0 Å². The zero-order chi connectivity index (χ0) is 14.5. The molecule has 20 heavy (non-hydrogen) atoms. The van der Waals surface area contributed by atoms with Gasteiger partial charge in [0.1, 0.15) is 5.82 Å². The maximum Gasteiger partial charge on any atom is 0.239 e. The minimum Gasteiger partial charge on any atom is -0.337 e. The Morgan fingerprint density at radius 2 is 2.40 bits per heavy atom. The van der Waals surface area contributed by atoms with Gasteiger partial charge in [0.05, 0.1) is 17.7 Å². The van der Waals surface area contributed by atoms with Gasteiger partial charge in [0.15, 0.2) is 0 Å². The van der Waals surface area contributed by atoms with Crippen molar-refractivity contribution in [3.8, 4) is 6.07 Å². The van der Waals surface area contributed by atoms with Crippen LogP contribution in [0.1, 0.15) is 30.9 Å². The van der Waals surface area contributed by atoms with Gasteiger partial charge in [-0.05, 0) is 38.4 Å². The molecule has 1 aliphatic heterocycles. The fourth-order valence-electron chi connectivity index (χ4n) is 2.41. The first-order valence-corrected chi connectivity index (χ1v) is 6.86. The van der Waals surface area contributed by atoms with E-state index in [-0.39, 0.29) is 24.1 Å². The highest BCUT2D eigenvalue weighted by Gasteiger charge is 2.26. The summed E-state index contributed by atoms with van der Waals surface area (Å²) in [4.78, 5) is 14.0. The highest BCUT2D eigenvalue weighted by Crippen LogP contribution is 2.15. The summed E-state index contributed by atoms with van der Waals surface area (Å²) in [6.45, 7) is 3.52. The Kier molecular flexibility index (Phi) is 4.70. The molecule has 0 unspecified atom stereocenters. The Hall–Kier alpha value is -1.93. The zero-order valence-electron chi connectivity index (χ0n) is 11.5. The van der Waals surface area contributed by atoms with Crippen molar-refractivity contribution >= 4 is 5.91 Å². The molecule has 1 saturated heterocycles. The lowest BCUT2D eigenvalue weighted by atomic mass is 10.1. The predicted octanol–water partition coefficient (Wildman–Crippen LogP) is 1.80. The number of nitriles is 1. The van der Waals surface area contributed by atoms with Gasteiger partial charge < -0.3 is 10.2 Å².